The Morgan fingerprint density at radius 2 is 2.15 bits per heavy atom. The van der Waals surface area contributed by atoms with Crippen molar-refractivity contribution in [3.8, 4) is 17.5 Å². The first-order valence-electron chi connectivity index (χ1n) is 10.6. The van der Waals surface area contributed by atoms with Crippen LogP contribution >= 0.6 is 11.8 Å². The van der Waals surface area contributed by atoms with Crippen molar-refractivity contribution in [1.82, 2.24) is 24.8 Å². The summed E-state index contributed by atoms with van der Waals surface area (Å²) >= 11 is 1.25. The molecule has 4 rings (SSSR count). The molecule has 1 aromatic carbocycles. The maximum absolute atomic E-state index is 12.9. The number of benzene rings is 1. The maximum atomic E-state index is 12.9. The van der Waals surface area contributed by atoms with E-state index in [9.17, 15) is 10.1 Å². The van der Waals surface area contributed by atoms with Gasteiger partial charge in [0.1, 0.15) is 17.6 Å². The summed E-state index contributed by atoms with van der Waals surface area (Å²) in [6.07, 6.45) is 2.10. The molecule has 1 aliphatic heterocycles. The number of nitriles is 1. The number of nitrogens with zero attached hydrogens (tertiary/aromatic N) is 6. The minimum Gasteiger partial charge on any atom is -0.497 e. The van der Waals surface area contributed by atoms with Crippen LogP contribution in [0.1, 0.15) is 29.7 Å². The SMILES string of the molecule is COc1ccc(-n2c(C)c(C)c(C#N)c2NC(=O)CSc2nnnn2C[C@H]2CCCO2)cc1. The van der Waals surface area contributed by atoms with E-state index < -0.39 is 0 Å². The minimum absolute atomic E-state index is 0.0959. The number of tetrazole rings is 1. The smallest absolute Gasteiger partial charge is 0.236 e. The number of hydrogen-bond donors (Lipinski definition) is 1. The lowest BCUT2D eigenvalue weighted by atomic mass is 10.2. The number of thioether (sulfide) groups is 1. The van der Waals surface area contributed by atoms with E-state index >= 15 is 0 Å². The summed E-state index contributed by atoms with van der Waals surface area (Å²) in [7, 11) is 1.61. The topological polar surface area (TPSA) is 120 Å². The molecule has 1 N–H and O–H groups in total. The lowest BCUT2D eigenvalue weighted by Gasteiger charge is -2.14. The largest absolute Gasteiger partial charge is 0.497 e. The van der Waals surface area contributed by atoms with Gasteiger partial charge in [0.2, 0.25) is 11.1 Å². The molecule has 33 heavy (non-hydrogen) atoms. The van der Waals surface area contributed by atoms with Crippen molar-refractivity contribution < 1.29 is 14.3 Å². The first kappa shape index (κ1) is 22.8. The Bertz CT molecular complexity index is 1170. The van der Waals surface area contributed by atoms with Gasteiger partial charge in [0.15, 0.2) is 0 Å². The third kappa shape index (κ3) is 4.86. The van der Waals surface area contributed by atoms with Gasteiger partial charge >= 0.3 is 0 Å². The molecule has 1 aliphatic rings. The molecule has 0 radical (unpaired) electrons. The number of hydrogen-bond acceptors (Lipinski definition) is 8. The molecule has 2 aromatic heterocycles. The Labute approximate surface area is 195 Å². The number of carbonyl (C=O) groups is 1. The Balaban J connectivity index is 1.50. The molecule has 3 heterocycles. The average Bonchev–Trinajstić information content (AvgIpc) is 3.55. The number of amides is 1. The van der Waals surface area contributed by atoms with E-state index in [0.29, 0.717) is 23.1 Å². The Kier molecular flexibility index (Phi) is 6.96. The quantitative estimate of drug-likeness (QED) is 0.502. The molecular formula is C22H25N7O3S. The van der Waals surface area contributed by atoms with E-state index in [-0.39, 0.29) is 17.8 Å². The van der Waals surface area contributed by atoms with Crippen LogP contribution in [0.5, 0.6) is 5.75 Å². The number of rotatable bonds is 8. The zero-order valence-electron chi connectivity index (χ0n) is 18.7. The van der Waals surface area contributed by atoms with E-state index in [1.807, 2.05) is 42.7 Å². The van der Waals surface area contributed by atoms with Gasteiger partial charge < -0.3 is 14.8 Å². The zero-order chi connectivity index (χ0) is 23.4. The number of carbonyl (C=O) groups excluding carboxylic acids is 1. The fourth-order valence-corrected chi connectivity index (χ4v) is 4.50. The molecule has 0 unspecified atom stereocenters. The molecular weight excluding hydrogens is 442 g/mol. The monoisotopic (exact) mass is 467 g/mol. The van der Waals surface area contributed by atoms with Gasteiger partial charge in [-0.25, -0.2) is 4.68 Å². The van der Waals surface area contributed by atoms with Crippen LogP contribution in [0.2, 0.25) is 0 Å². The summed E-state index contributed by atoms with van der Waals surface area (Å²) in [5, 5.41) is 25.0. The third-order valence-electron chi connectivity index (χ3n) is 5.65. The van der Waals surface area contributed by atoms with Crippen molar-refractivity contribution in [3.63, 3.8) is 0 Å². The molecule has 1 saturated heterocycles. The molecule has 3 aromatic rings. The highest BCUT2D eigenvalue weighted by Crippen LogP contribution is 2.31. The number of anilines is 1. The van der Waals surface area contributed by atoms with Crippen LogP contribution in [0.25, 0.3) is 5.69 Å². The van der Waals surface area contributed by atoms with Gasteiger partial charge in [-0.05, 0) is 66.9 Å². The second-order valence-electron chi connectivity index (χ2n) is 7.69. The van der Waals surface area contributed by atoms with E-state index in [1.54, 1.807) is 11.8 Å². The zero-order valence-corrected chi connectivity index (χ0v) is 19.6. The van der Waals surface area contributed by atoms with Gasteiger partial charge in [0, 0.05) is 18.0 Å². The van der Waals surface area contributed by atoms with E-state index in [1.165, 1.54) is 11.8 Å². The van der Waals surface area contributed by atoms with Gasteiger partial charge in [-0.1, -0.05) is 11.8 Å². The van der Waals surface area contributed by atoms with Gasteiger partial charge in [-0.3, -0.25) is 9.36 Å². The van der Waals surface area contributed by atoms with Crippen molar-refractivity contribution in [1.29, 1.82) is 5.26 Å². The Morgan fingerprint density at radius 3 is 2.82 bits per heavy atom. The highest BCUT2D eigenvalue weighted by Gasteiger charge is 2.22. The van der Waals surface area contributed by atoms with Gasteiger partial charge in [0.05, 0.1) is 31.1 Å². The van der Waals surface area contributed by atoms with Gasteiger partial charge in [-0.2, -0.15) is 5.26 Å². The molecule has 1 amide bonds. The standard InChI is InChI=1S/C22H25N7O3S/c1-14-15(2)29(16-6-8-17(31-3)9-7-16)21(19(14)11-23)24-20(30)13-33-22-25-26-27-28(22)12-18-5-4-10-32-18/h6-9,18H,4-5,10,12-13H2,1-3H3,(H,24,30)/t18-/m1/s1. The summed E-state index contributed by atoms with van der Waals surface area (Å²) in [5.41, 5.74) is 2.95. The average molecular weight is 468 g/mol. The molecule has 0 saturated carbocycles. The minimum atomic E-state index is -0.254. The molecule has 11 heteroatoms. The fourth-order valence-electron chi connectivity index (χ4n) is 3.81. The van der Waals surface area contributed by atoms with Gasteiger partial charge in [0.25, 0.3) is 0 Å². The van der Waals surface area contributed by atoms with Crippen molar-refractivity contribution in [2.75, 3.05) is 24.8 Å². The molecule has 10 nitrogen and oxygen atoms in total. The first-order chi connectivity index (χ1) is 16.0. The Hall–Kier alpha value is -3.36. The van der Waals surface area contributed by atoms with Crippen LogP contribution in [0.4, 0.5) is 5.82 Å². The first-order valence-corrected chi connectivity index (χ1v) is 11.6. The fraction of sp³-hybridized carbons (Fsp3) is 0.409. The summed E-state index contributed by atoms with van der Waals surface area (Å²) in [4.78, 5) is 12.9. The Morgan fingerprint density at radius 1 is 1.36 bits per heavy atom. The van der Waals surface area contributed by atoms with Crippen LogP contribution < -0.4 is 10.1 Å². The highest BCUT2D eigenvalue weighted by atomic mass is 32.2. The molecule has 0 aliphatic carbocycles. The normalized spacial score (nSPS) is 15.4. The number of ether oxygens (including phenoxy) is 2. The van der Waals surface area contributed by atoms with Crippen LogP contribution in [0, 0.1) is 25.2 Å². The number of nitrogens with one attached hydrogen (secondary N) is 1. The number of aromatic nitrogens is 5. The summed E-state index contributed by atoms with van der Waals surface area (Å²) in [6.45, 7) is 5.11. The van der Waals surface area contributed by atoms with E-state index in [4.69, 9.17) is 9.47 Å². The molecule has 172 valence electrons. The number of methoxy groups -OCH3 is 1. The maximum Gasteiger partial charge on any atom is 0.236 e. The molecule has 0 spiro atoms. The summed E-state index contributed by atoms with van der Waals surface area (Å²) < 4.78 is 14.4. The predicted molar refractivity (Wildman–Crippen MR) is 123 cm³/mol. The predicted octanol–water partition coefficient (Wildman–Crippen LogP) is 2.87. The van der Waals surface area contributed by atoms with Crippen LogP contribution in [0.15, 0.2) is 29.4 Å². The van der Waals surface area contributed by atoms with Crippen molar-refractivity contribution >= 4 is 23.5 Å². The van der Waals surface area contributed by atoms with E-state index in [2.05, 4.69) is 26.9 Å². The lowest BCUT2D eigenvalue weighted by Crippen LogP contribution is -2.19. The van der Waals surface area contributed by atoms with Crippen molar-refractivity contribution in [2.24, 2.45) is 0 Å². The van der Waals surface area contributed by atoms with Gasteiger partial charge in [-0.15, -0.1) is 5.10 Å². The van der Waals surface area contributed by atoms with Crippen molar-refractivity contribution in [2.45, 2.75) is 44.5 Å². The second-order valence-corrected chi connectivity index (χ2v) is 8.64. The second kappa shape index (κ2) is 10.1. The summed E-state index contributed by atoms with van der Waals surface area (Å²) in [5.74, 6) is 1.02. The molecule has 1 fully saturated rings. The highest BCUT2D eigenvalue weighted by molar-refractivity contribution is 7.99. The van der Waals surface area contributed by atoms with Crippen LogP contribution in [-0.2, 0) is 16.1 Å². The lowest BCUT2D eigenvalue weighted by molar-refractivity contribution is -0.113. The molecule has 1 atom stereocenters. The van der Waals surface area contributed by atoms with E-state index in [0.717, 1.165) is 42.1 Å². The summed E-state index contributed by atoms with van der Waals surface area (Å²) in [6, 6.07) is 9.67. The van der Waals surface area contributed by atoms with Crippen LogP contribution in [0.3, 0.4) is 0 Å². The van der Waals surface area contributed by atoms with Crippen molar-refractivity contribution in [3.05, 3.63) is 41.1 Å². The molecule has 0 bridgehead atoms. The third-order valence-corrected chi connectivity index (χ3v) is 6.60. The van der Waals surface area contributed by atoms with Crippen LogP contribution in [-0.4, -0.2) is 56.3 Å².